The average molecular weight is 325 g/mol. The van der Waals surface area contributed by atoms with Crippen LogP contribution in [0.2, 0.25) is 0 Å². The van der Waals surface area contributed by atoms with Gasteiger partial charge in [-0.15, -0.1) is 0 Å². The molecule has 1 atom stereocenters. The lowest BCUT2D eigenvalue weighted by molar-refractivity contribution is -0.128. The van der Waals surface area contributed by atoms with Gasteiger partial charge in [0.2, 0.25) is 5.91 Å². The van der Waals surface area contributed by atoms with Crippen LogP contribution in [0.5, 0.6) is 0 Å². The molecule has 0 spiro atoms. The van der Waals surface area contributed by atoms with E-state index in [4.69, 9.17) is 5.73 Å². The zero-order valence-electron chi connectivity index (χ0n) is 11.3. The second kappa shape index (κ2) is 6.06. The van der Waals surface area contributed by atoms with E-state index in [2.05, 4.69) is 21.2 Å². The van der Waals surface area contributed by atoms with E-state index < -0.39 is 5.54 Å². The molecule has 1 saturated carbocycles. The van der Waals surface area contributed by atoms with Crippen LogP contribution < -0.4 is 11.1 Å². The van der Waals surface area contributed by atoms with Crippen molar-refractivity contribution in [1.29, 1.82) is 0 Å². The largest absolute Gasteiger partial charge is 0.348 e. The number of amides is 1. The van der Waals surface area contributed by atoms with Crippen LogP contribution in [-0.4, -0.2) is 11.4 Å². The Labute approximate surface area is 123 Å². The number of rotatable bonds is 3. The highest BCUT2D eigenvalue weighted by atomic mass is 79.9. The molecule has 0 radical (unpaired) electrons. The fourth-order valence-electron chi connectivity index (χ4n) is 2.61. The zero-order chi connectivity index (χ0) is 13.9. The first-order valence-corrected chi connectivity index (χ1v) is 7.66. The first-order valence-electron chi connectivity index (χ1n) is 6.86. The standard InChI is InChI=1S/C15H21BrN2O/c1-11(12-6-5-7-13(16)10-12)18-14(19)15(17)8-3-2-4-9-15/h5-7,10-11H,2-4,8-9,17H2,1H3,(H,18,19). The van der Waals surface area contributed by atoms with Crippen LogP contribution in [0.4, 0.5) is 0 Å². The van der Waals surface area contributed by atoms with Gasteiger partial charge in [0.25, 0.3) is 0 Å². The number of benzene rings is 1. The summed E-state index contributed by atoms with van der Waals surface area (Å²) in [6, 6.07) is 7.96. The predicted octanol–water partition coefficient (Wildman–Crippen LogP) is 3.29. The van der Waals surface area contributed by atoms with Gasteiger partial charge in [0.05, 0.1) is 11.6 Å². The molecule has 1 aliphatic carbocycles. The van der Waals surface area contributed by atoms with Crippen LogP contribution in [0, 0.1) is 0 Å². The first kappa shape index (κ1) is 14.5. The van der Waals surface area contributed by atoms with E-state index in [1.807, 2.05) is 31.2 Å². The molecule has 3 nitrogen and oxygen atoms in total. The molecule has 0 saturated heterocycles. The molecule has 1 amide bonds. The summed E-state index contributed by atoms with van der Waals surface area (Å²) < 4.78 is 1.02. The summed E-state index contributed by atoms with van der Waals surface area (Å²) in [5.41, 5.74) is 6.65. The lowest BCUT2D eigenvalue weighted by atomic mass is 9.81. The van der Waals surface area contributed by atoms with Crippen molar-refractivity contribution >= 4 is 21.8 Å². The van der Waals surface area contributed by atoms with E-state index in [-0.39, 0.29) is 11.9 Å². The molecular weight excluding hydrogens is 304 g/mol. The minimum atomic E-state index is -0.668. The molecule has 0 aromatic heterocycles. The third kappa shape index (κ3) is 3.57. The van der Waals surface area contributed by atoms with Crippen molar-refractivity contribution in [1.82, 2.24) is 5.32 Å². The highest BCUT2D eigenvalue weighted by molar-refractivity contribution is 9.10. The summed E-state index contributed by atoms with van der Waals surface area (Å²) in [5.74, 6) is -0.0142. The van der Waals surface area contributed by atoms with E-state index in [1.54, 1.807) is 0 Å². The molecular formula is C15H21BrN2O. The molecule has 104 valence electrons. The highest BCUT2D eigenvalue weighted by Gasteiger charge is 2.35. The van der Waals surface area contributed by atoms with Gasteiger partial charge in [-0.1, -0.05) is 47.3 Å². The second-order valence-electron chi connectivity index (χ2n) is 5.47. The second-order valence-corrected chi connectivity index (χ2v) is 6.38. The smallest absolute Gasteiger partial charge is 0.240 e. The van der Waals surface area contributed by atoms with Gasteiger partial charge in [-0.05, 0) is 37.5 Å². The minimum Gasteiger partial charge on any atom is -0.348 e. The Balaban J connectivity index is 2.02. The van der Waals surface area contributed by atoms with Crippen LogP contribution in [-0.2, 0) is 4.79 Å². The summed E-state index contributed by atoms with van der Waals surface area (Å²) in [7, 11) is 0. The highest BCUT2D eigenvalue weighted by Crippen LogP contribution is 2.27. The maximum Gasteiger partial charge on any atom is 0.240 e. The van der Waals surface area contributed by atoms with E-state index in [9.17, 15) is 4.79 Å². The zero-order valence-corrected chi connectivity index (χ0v) is 12.9. The van der Waals surface area contributed by atoms with Crippen molar-refractivity contribution in [3.05, 3.63) is 34.3 Å². The normalized spacial score (nSPS) is 19.7. The van der Waals surface area contributed by atoms with Crippen molar-refractivity contribution in [2.24, 2.45) is 5.73 Å². The summed E-state index contributed by atoms with van der Waals surface area (Å²) in [4.78, 5) is 12.3. The summed E-state index contributed by atoms with van der Waals surface area (Å²) in [6.07, 6.45) is 4.88. The first-order chi connectivity index (χ1) is 9.01. The molecule has 1 aromatic rings. The SMILES string of the molecule is CC(NC(=O)C1(N)CCCCC1)c1cccc(Br)c1. The van der Waals surface area contributed by atoms with Gasteiger partial charge < -0.3 is 11.1 Å². The van der Waals surface area contributed by atoms with E-state index >= 15 is 0 Å². The van der Waals surface area contributed by atoms with Gasteiger partial charge in [-0.2, -0.15) is 0 Å². The summed E-state index contributed by atoms with van der Waals surface area (Å²) in [6.45, 7) is 1.99. The fraction of sp³-hybridized carbons (Fsp3) is 0.533. The van der Waals surface area contributed by atoms with Crippen molar-refractivity contribution < 1.29 is 4.79 Å². The van der Waals surface area contributed by atoms with Crippen LogP contribution in [0.15, 0.2) is 28.7 Å². The predicted molar refractivity (Wildman–Crippen MR) is 80.7 cm³/mol. The molecule has 2 rings (SSSR count). The minimum absolute atomic E-state index is 0.0142. The molecule has 3 N–H and O–H groups in total. The number of nitrogens with two attached hydrogens (primary N) is 1. The van der Waals surface area contributed by atoms with Crippen molar-refractivity contribution in [2.75, 3.05) is 0 Å². The third-order valence-electron chi connectivity index (χ3n) is 3.89. The molecule has 1 aromatic carbocycles. The van der Waals surface area contributed by atoms with Crippen LogP contribution in [0.1, 0.15) is 50.6 Å². The number of halogens is 1. The van der Waals surface area contributed by atoms with E-state index in [0.29, 0.717) is 0 Å². The monoisotopic (exact) mass is 324 g/mol. The molecule has 1 unspecified atom stereocenters. The Kier molecular flexibility index (Phi) is 4.63. The molecule has 1 aliphatic rings. The van der Waals surface area contributed by atoms with Crippen molar-refractivity contribution in [3.63, 3.8) is 0 Å². The number of hydrogen-bond donors (Lipinski definition) is 2. The topological polar surface area (TPSA) is 55.1 Å². The van der Waals surface area contributed by atoms with Gasteiger partial charge in [0.15, 0.2) is 0 Å². The molecule has 19 heavy (non-hydrogen) atoms. The molecule has 4 heteroatoms. The Morgan fingerprint density at radius 3 is 2.68 bits per heavy atom. The number of carbonyl (C=O) groups is 1. The van der Waals surface area contributed by atoms with Gasteiger partial charge in [-0.25, -0.2) is 0 Å². The number of carbonyl (C=O) groups excluding carboxylic acids is 1. The van der Waals surface area contributed by atoms with Gasteiger partial charge in [0, 0.05) is 4.47 Å². The lowest BCUT2D eigenvalue weighted by Gasteiger charge is -2.33. The third-order valence-corrected chi connectivity index (χ3v) is 4.39. The summed E-state index contributed by atoms with van der Waals surface area (Å²) >= 11 is 3.45. The van der Waals surface area contributed by atoms with Gasteiger partial charge >= 0.3 is 0 Å². The fourth-order valence-corrected chi connectivity index (χ4v) is 3.03. The maximum absolute atomic E-state index is 12.3. The van der Waals surface area contributed by atoms with Crippen molar-refractivity contribution in [3.8, 4) is 0 Å². The van der Waals surface area contributed by atoms with Gasteiger partial charge in [-0.3, -0.25) is 4.79 Å². The summed E-state index contributed by atoms with van der Waals surface area (Å²) in [5, 5.41) is 3.05. The Bertz CT molecular complexity index is 455. The van der Waals surface area contributed by atoms with Crippen LogP contribution >= 0.6 is 15.9 Å². The Morgan fingerprint density at radius 1 is 1.37 bits per heavy atom. The Morgan fingerprint density at radius 2 is 2.05 bits per heavy atom. The molecule has 0 aliphatic heterocycles. The number of nitrogens with one attached hydrogen (secondary N) is 1. The maximum atomic E-state index is 12.3. The lowest BCUT2D eigenvalue weighted by Crippen LogP contribution is -2.55. The van der Waals surface area contributed by atoms with E-state index in [1.165, 1.54) is 6.42 Å². The van der Waals surface area contributed by atoms with Gasteiger partial charge in [0.1, 0.15) is 0 Å². The van der Waals surface area contributed by atoms with E-state index in [0.717, 1.165) is 35.7 Å². The molecule has 1 fully saturated rings. The van der Waals surface area contributed by atoms with Crippen molar-refractivity contribution in [2.45, 2.75) is 50.6 Å². The number of hydrogen-bond acceptors (Lipinski definition) is 2. The molecule has 0 heterocycles. The average Bonchev–Trinajstić information content (AvgIpc) is 2.39. The van der Waals surface area contributed by atoms with Crippen LogP contribution in [0.3, 0.4) is 0 Å². The molecule has 0 bridgehead atoms. The quantitative estimate of drug-likeness (QED) is 0.896. The Hall–Kier alpha value is -0.870. The van der Waals surface area contributed by atoms with Crippen LogP contribution in [0.25, 0.3) is 0 Å².